The van der Waals surface area contributed by atoms with Crippen molar-refractivity contribution in [3.63, 3.8) is 0 Å². The summed E-state index contributed by atoms with van der Waals surface area (Å²) in [7, 11) is 0. The second-order valence-electron chi connectivity index (χ2n) is 1.05. The molecular weight excluding hydrogens is 90.1 g/mol. The predicted molar refractivity (Wildman–Crippen MR) is 29.5 cm³/mol. The molecule has 2 N–H and O–H groups in total. The maximum atomic E-state index is 8.56. The van der Waals surface area contributed by atoms with E-state index in [0.717, 1.165) is 0 Å². The second kappa shape index (κ2) is 3.43. The van der Waals surface area contributed by atoms with Crippen LogP contribution in [-0.2, 0) is 0 Å². The molecule has 0 aromatic rings. The zero-order valence-corrected chi connectivity index (χ0v) is 4.09. The van der Waals surface area contributed by atoms with Crippen LogP contribution in [0.15, 0.2) is 25.4 Å². The summed E-state index contributed by atoms with van der Waals surface area (Å²) >= 11 is 0. The highest BCUT2D eigenvalue weighted by Crippen LogP contribution is 1.72. The Morgan fingerprint density at radius 2 is 2.14 bits per heavy atom. The molecule has 0 radical (unpaired) electrons. The fourth-order valence-electron chi connectivity index (χ4n) is 0.189. The highest BCUT2D eigenvalue weighted by Gasteiger charge is 1.85. The molecular formula is C5H9NO. The Morgan fingerprint density at radius 3 is 2.29 bits per heavy atom. The fraction of sp³-hybridized carbons (Fsp3) is 0.200. The largest absolute Gasteiger partial charge is 0.370 e. The van der Waals surface area contributed by atoms with Gasteiger partial charge in [-0.2, -0.15) is 0 Å². The van der Waals surface area contributed by atoms with Crippen molar-refractivity contribution in [1.82, 2.24) is 5.32 Å². The van der Waals surface area contributed by atoms with Gasteiger partial charge < -0.3 is 10.4 Å². The van der Waals surface area contributed by atoms with Crippen molar-refractivity contribution >= 4 is 0 Å². The minimum atomic E-state index is -0.655. The molecule has 0 aliphatic heterocycles. The SMILES string of the molecule is C=CNC(O)C=C. The van der Waals surface area contributed by atoms with Crippen LogP contribution >= 0.6 is 0 Å². The number of rotatable bonds is 3. The van der Waals surface area contributed by atoms with Crippen LogP contribution in [0.25, 0.3) is 0 Å². The fourth-order valence-corrected chi connectivity index (χ4v) is 0.189. The van der Waals surface area contributed by atoms with E-state index in [9.17, 15) is 0 Å². The number of nitrogens with one attached hydrogen (secondary N) is 1. The molecule has 0 saturated heterocycles. The molecule has 1 atom stereocenters. The Morgan fingerprint density at radius 1 is 1.57 bits per heavy atom. The Hall–Kier alpha value is -0.760. The van der Waals surface area contributed by atoms with Crippen molar-refractivity contribution < 1.29 is 5.11 Å². The maximum absolute atomic E-state index is 8.56. The average Bonchev–Trinajstić information content (AvgIpc) is 1.68. The summed E-state index contributed by atoms with van der Waals surface area (Å²) in [6, 6.07) is 0. The molecule has 2 heteroatoms. The van der Waals surface area contributed by atoms with Gasteiger partial charge in [-0.25, -0.2) is 0 Å². The lowest BCUT2D eigenvalue weighted by Crippen LogP contribution is -2.19. The van der Waals surface area contributed by atoms with E-state index in [2.05, 4.69) is 18.5 Å². The Bertz CT molecular complexity index is 70.5. The summed E-state index contributed by atoms with van der Waals surface area (Å²) in [4.78, 5) is 0. The molecule has 0 amide bonds. The van der Waals surface area contributed by atoms with Gasteiger partial charge in [-0.05, 0) is 12.3 Å². The first kappa shape index (κ1) is 6.24. The predicted octanol–water partition coefficient (Wildman–Crippen LogP) is 0.224. The number of hydrogen-bond acceptors (Lipinski definition) is 2. The molecule has 0 spiro atoms. The van der Waals surface area contributed by atoms with Crippen LogP contribution < -0.4 is 5.32 Å². The molecule has 2 nitrogen and oxygen atoms in total. The molecule has 0 saturated carbocycles. The van der Waals surface area contributed by atoms with E-state index in [1.165, 1.54) is 12.3 Å². The van der Waals surface area contributed by atoms with Crippen LogP contribution in [0.3, 0.4) is 0 Å². The van der Waals surface area contributed by atoms with Crippen LogP contribution in [-0.4, -0.2) is 11.3 Å². The first-order valence-corrected chi connectivity index (χ1v) is 1.99. The Kier molecular flexibility index (Phi) is 3.06. The van der Waals surface area contributed by atoms with Gasteiger partial charge in [0.25, 0.3) is 0 Å². The zero-order valence-electron chi connectivity index (χ0n) is 4.09. The van der Waals surface area contributed by atoms with Crippen molar-refractivity contribution in [2.24, 2.45) is 0 Å². The number of aliphatic hydroxyl groups excluding tert-OH is 1. The van der Waals surface area contributed by atoms with E-state index in [-0.39, 0.29) is 0 Å². The van der Waals surface area contributed by atoms with Crippen molar-refractivity contribution in [1.29, 1.82) is 0 Å². The highest BCUT2D eigenvalue weighted by atomic mass is 16.3. The lowest BCUT2D eigenvalue weighted by molar-refractivity contribution is 0.203. The van der Waals surface area contributed by atoms with E-state index in [4.69, 9.17) is 5.11 Å². The summed E-state index contributed by atoms with van der Waals surface area (Å²) in [6.07, 6.45) is 2.13. The van der Waals surface area contributed by atoms with Gasteiger partial charge in [-0.3, -0.25) is 0 Å². The Labute approximate surface area is 43.2 Å². The van der Waals surface area contributed by atoms with Crippen molar-refractivity contribution in [2.45, 2.75) is 6.23 Å². The van der Waals surface area contributed by atoms with Crippen molar-refractivity contribution in [3.8, 4) is 0 Å². The third kappa shape index (κ3) is 3.06. The molecule has 0 fully saturated rings. The number of hydrogen-bond donors (Lipinski definition) is 2. The molecule has 0 aromatic carbocycles. The molecule has 1 unspecified atom stereocenters. The molecule has 0 bridgehead atoms. The maximum Gasteiger partial charge on any atom is 0.143 e. The van der Waals surface area contributed by atoms with Crippen LogP contribution in [0, 0.1) is 0 Å². The van der Waals surface area contributed by atoms with Gasteiger partial charge in [0.1, 0.15) is 6.23 Å². The van der Waals surface area contributed by atoms with E-state index in [1.54, 1.807) is 0 Å². The summed E-state index contributed by atoms with van der Waals surface area (Å²) in [6.45, 7) is 6.65. The quantitative estimate of drug-likeness (QED) is 0.392. The van der Waals surface area contributed by atoms with Crippen LogP contribution in [0.4, 0.5) is 0 Å². The van der Waals surface area contributed by atoms with Crippen molar-refractivity contribution in [2.75, 3.05) is 0 Å². The van der Waals surface area contributed by atoms with Gasteiger partial charge in [-0.1, -0.05) is 13.2 Å². The average molecular weight is 99.1 g/mol. The van der Waals surface area contributed by atoms with Gasteiger partial charge in [0.15, 0.2) is 0 Å². The number of aliphatic hydroxyl groups is 1. The van der Waals surface area contributed by atoms with Gasteiger partial charge >= 0.3 is 0 Å². The zero-order chi connectivity index (χ0) is 5.70. The monoisotopic (exact) mass is 99.1 g/mol. The van der Waals surface area contributed by atoms with E-state index >= 15 is 0 Å². The van der Waals surface area contributed by atoms with Crippen LogP contribution in [0.1, 0.15) is 0 Å². The van der Waals surface area contributed by atoms with Crippen LogP contribution in [0.2, 0.25) is 0 Å². The summed E-state index contributed by atoms with van der Waals surface area (Å²) in [5.41, 5.74) is 0. The molecule has 0 aliphatic rings. The molecule has 0 aromatic heterocycles. The van der Waals surface area contributed by atoms with Gasteiger partial charge in [0.05, 0.1) is 0 Å². The van der Waals surface area contributed by atoms with Gasteiger partial charge in [0.2, 0.25) is 0 Å². The van der Waals surface area contributed by atoms with E-state index in [0.29, 0.717) is 0 Å². The normalized spacial score (nSPS) is 12.1. The summed E-state index contributed by atoms with van der Waals surface area (Å²) in [5.74, 6) is 0. The van der Waals surface area contributed by atoms with Crippen LogP contribution in [0.5, 0.6) is 0 Å². The standard InChI is InChI=1S/C5H9NO/c1-3-5(7)6-4-2/h3-7H,1-2H2. The molecule has 0 aliphatic carbocycles. The summed E-state index contributed by atoms with van der Waals surface area (Å²) < 4.78 is 0. The minimum Gasteiger partial charge on any atom is -0.370 e. The Balaban J connectivity index is 3.15. The van der Waals surface area contributed by atoms with Gasteiger partial charge in [-0.15, -0.1) is 0 Å². The first-order chi connectivity index (χ1) is 3.31. The topological polar surface area (TPSA) is 32.3 Å². The third-order valence-corrected chi connectivity index (χ3v) is 0.512. The van der Waals surface area contributed by atoms with Gasteiger partial charge in [0, 0.05) is 0 Å². The molecule has 40 valence electrons. The second-order valence-corrected chi connectivity index (χ2v) is 1.05. The summed E-state index contributed by atoms with van der Waals surface area (Å²) in [5, 5.41) is 11.1. The molecule has 0 heterocycles. The minimum absolute atomic E-state index is 0.655. The molecule has 7 heavy (non-hydrogen) atoms. The molecule has 0 rings (SSSR count). The lowest BCUT2D eigenvalue weighted by atomic mass is 10.5. The van der Waals surface area contributed by atoms with Crippen molar-refractivity contribution in [3.05, 3.63) is 25.4 Å². The van der Waals surface area contributed by atoms with E-state index in [1.807, 2.05) is 0 Å². The third-order valence-electron chi connectivity index (χ3n) is 0.512. The smallest absolute Gasteiger partial charge is 0.143 e. The first-order valence-electron chi connectivity index (χ1n) is 1.99. The lowest BCUT2D eigenvalue weighted by Gasteiger charge is -2.00. The highest BCUT2D eigenvalue weighted by molar-refractivity contribution is 4.79. The van der Waals surface area contributed by atoms with E-state index < -0.39 is 6.23 Å².